The second-order valence-corrected chi connectivity index (χ2v) is 7.84. The summed E-state index contributed by atoms with van der Waals surface area (Å²) in [5.41, 5.74) is 3.36. The Morgan fingerprint density at radius 3 is 2.45 bits per heavy atom. The van der Waals surface area contributed by atoms with E-state index in [4.69, 9.17) is 21.7 Å². The van der Waals surface area contributed by atoms with E-state index in [0.717, 1.165) is 59.8 Å². The summed E-state index contributed by atoms with van der Waals surface area (Å²) in [7, 11) is 0. The summed E-state index contributed by atoms with van der Waals surface area (Å²) in [6.07, 6.45) is 1.81. The average Bonchev–Trinajstić information content (AvgIpc) is 2.94. The monoisotopic (exact) mass is 482 g/mol. The first-order valence-corrected chi connectivity index (χ1v) is 11.3. The molecule has 2 aromatic rings. The zero-order valence-corrected chi connectivity index (χ0v) is 20.1. The minimum Gasteiger partial charge on any atom is -0.490 e. The minimum absolute atomic E-state index is 0.615. The van der Waals surface area contributed by atoms with Crippen molar-refractivity contribution in [3.8, 4) is 11.5 Å². The van der Waals surface area contributed by atoms with Crippen LogP contribution in [0.4, 0.5) is 0 Å². The van der Waals surface area contributed by atoms with Crippen molar-refractivity contribution in [2.75, 3.05) is 26.3 Å². The number of halogens is 1. The van der Waals surface area contributed by atoms with Gasteiger partial charge in [-0.25, -0.2) is 0 Å². The SMILES string of the molecule is CCOc1ccc(CCNC(=S)NCCCn2nc(C)c(Br)c2C)cc1OCC. The standard InChI is InChI=1S/C21H31BrN4O2S/c1-5-27-18-9-8-17(14-19(18)28-6-2)10-12-24-21(29)23-11-7-13-26-16(4)20(22)15(3)25-26/h8-9,14H,5-7,10-13H2,1-4H3,(H2,23,24,29). The Balaban J connectivity index is 1.70. The maximum Gasteiger partial charge on any atom is 0.166 e. The van der Waals surface area contributed by atoms with Crippen LogP contribution in [0.2, 0.25) is 0 Å². The summed E-state index contributed by atoms with van der Waals surface area (Å²) in [6, 6.07) is 6.08. The zero-order chi connectivity index (χ0) is 21.2. The maximum absolute atomic E-state index is 5.68. The summed E-state index contributed by atoms with van der Waals surface area (Å²) < 4.78 is 14.4. The molecule has 0 amide bonds. The van der Waals surface area contributed by atoms with E-state index in [1.54, 1.807) is 0 Å². The van der Waals surface area contributed by atoms with Crippen molar-refractivity contribution in [3.63, 3.8) is 0 Å². The number of rotatable bonds is 11. The molecule has 0 aliphatic heterocycles. The van der Waals surface area contributed by atoms with E-state index in [1.807, 2.05) is 37.6 Å². The van der Waals surface area contributed by atoms with Gasteiger partial charge in [0.1, 0.15) is 0 Å². The van der Waals surface area contributed by atoms with Crippen molar-refractivity contribution in [2.24, 2.45) is 0 Å². The molecule has 0 atom stereocenters. The quantitative estimate of drug-likeness (QED) is 0.370. The molecule has 0 fully saturated rings. The smallest absolute Gasteiger partial charge is 0.166 e. The van der Waals surface area contributed by atoms with Crippen molar-refractivity contribution in [1.82, 2.24) is 20.4 Å². The number of nitrogens with one attached hydrogen (secondary N) is 2. The van der Waals surface area contributed by atoms with Crippen LogP contribution in [-0.2, 0) is 13.0 Å². The molecule has 0 bridgehead atoms. The molecule has 0 aliphatic carbocycles. The highest BCUT2D eigenvalue weighted by molar-refractivity contribution is 9.10. The van der Waals surface area contributed by atoms with Gasteiger partial charge in [0, 0.05) is 25.3 Å². The molecule has 0 aliphatic rings. The number of hydrogen-bond donors (Lipinski definition) is 2. The van der Waals surface area contributed by atoms with Gasteiger partial charge in [0.2, 0.25) is 0 Å². The molecule has 1 aromatic carbocycles. The molecule has 0 spiro atoms. The number of ether oxygens (including phenoxy) is 2. The molecule has 0 saturated carbocycles. The number of thiocarbonyl (C=S) groups is 1. The third-order valence-corrected chi connectivity index (χ3v) is 5.87. The predicted molar refractivity (Wildman–Crippen MR) is 125 cm³/mol. The van der Waals surface area contributed by atoms with Crippen molar-refractivity contribution in [3.05, 3.63) is 39.6 Å². The fraction of sp³-hybridized carbons (Fsp3) is 0.524. The average molecular weight is 483 g/mol. The minimum atomic E-state index is 0.615. The van der Waals surface area contributed by atoms with Crippen LogP contribution in [0.3, 0.4) is 0 Å². The Morgan fingerprint density at radius 2 is 1.79 bits per heavy atom. The molecule has 1 heterocycles. The van der Waals surface area contributed by atoms with Crippen LogP contribution in [0.25, 0.3) is 0 Å². The van der Waals surface area contributed by atoms with Crippen molar-refractivity contribution in [2.45, 2.75) is 47.1 Å². The third kappa shape index (κ3) is 7.19. The Labute approximate surface area is 187 Å². The molecular weight excluding hydrogens is 452 g/mol. The van der Waals surface area contributed by atoms with Gasteiger partial charge in [0.25, 0.3) is 0 Å². The first-order chi connectivity index (χ1) is 14.0. The zero-order valence-electron chi connectivity index (χ0n) is 17.7. The van der Waals surface area contributed by atoms with Crippen molar-refractivity contribution in [1.29, 1.82) is 0 Å². The van der Waals surface area contributed by atoms with Crippen LogP contribution in [0.1, 0.15) is 37.2 Å². The lowest BCUT2D eigenvalue weighted by atomic mass is 10.1. The van der Waals surface area contributed by atoms with Gasteiger partial charge in [-0.2, -0.15) is 5.10 Å². The van der Waals surface area contributed by atoms with E-state index < -0.39 is 0 Å². The Morgan fingerprint density at radius 1 is 1.10 bits per heavy atom. The van der Waals surface area contributed by atoms with Gasteiger partial charge < -0.3 is 20.1 Å². The fourth-order valence-corrected chi connectivity index (χ4v) is 3.45. The highest BCUT2D eigenvalue weighted by atomic mass is 79.9. The summed E-state index contributed by atoms with van der Waals surface area (Å²) in [5, 5.41) is 11.7. The molecule has 2 N–H and O–H groups in total. The van der Waals surface area contributed by atoms with Gasteiger partial charge >= 0.3 is 0 Å². The highest BCUT2D eigenvalue weighted by Gasteiger charge is 2.08. The molecule has 0 saturated heterocycles. The molecule has 160 valence electrons. The van der Waals surface area contributed by atoms with E-state index in [-0.39, 0.29) is 0 Å². The molecule has 1 aromatic heterocycles. The van der Waals surface area contributed by atoms with Crippen LogP contribution in [0, 0.1) is 13.8 Å². The van der Waals surface area contributed by atoms with Crippen LogP contribution in [-0.4, -0.2) is 41.2 Å². The molecule has 0 radical (unpaired) electrons. The molecule has 2 rings (SSSR count). The lowest BCUT2D eigenvalue weighted by Crippen LogP contribution is -2.37. The van der Waals surface area contributed by atoms with Gasteiger partial charge in [0.15, 0.2) is 16.6 Å². The highest BCUT2D eigenvalue weighted by Crippen LogP contribution is 2.28. The van der Waals surface area contributed by atoms with Crippen molar-refractivity contribution >= 4 is 33.3 Å². The summed E-state index contributed by atoms with van der Waals surface area (Å²) in [5.74, 6) is 1.58. The lowest BCUT2D eigenvalue weighted by Gasteiger charge is -2.13. The molecule has 0 unspecified atom stereocenters. The van der Waals surface area contributed by atoms with Gasteiger partial charge in [-0.1, -0.05) is 6.07 Å². The normalized spacial score (nSPS) is 10.7. The third-order valence-electron chi connectivity index (χ3n) is 4.43. The maximum atomic E-state index is 5.68. The van der Waals surface area contributed by atoms with Gasteiger partial charge in [0.05, 0.1) is 23.4 Å². The number of aromatic nitrogens is 2. The van der Waals surface area contributed by atoms with Crippen LogP contribution >= 0.6 is 28.1 Å². The van der Waals surface area contributed by atoms with Crippen molar-refractivity contribution < 1.29 is 9.47 Å². The Bertz CT molecular complexity index is 810. The molecule has 29 heavy (non-hydrogen) atoms. The first kappa shape index (κ1) is 23.5. The fourth-order valence-electron chi connectivity index (χ4n) is 2.96. The van der Waals surface area contributed by atoms with Gasteiger partial charge in [-0.05, 0) is 86.4 Å². The van der Waals surface area contributed by atoms with Gasteiger partial charge in [-0.3, -0.25) is 4.68 Å². The van der Waals surface area contributed by atoms with E-state index >= 15 is 0 Å². The van der Waals surface area contributed by atoms with E-state index in [1.165, 1.54) is 5.56 Å². The number of benzene rings is 1. The summed E-state index contributed by atoms with van der Waals surface area (Å²) in [6.45, 7) is 11.7. The molecular formula is C21H31BrN4O2S. The predicted octanol–water partition coefficient (Wildman–Crippen LogP) is 4.16. The Kier molecular flexibility index (Phi) is 9.73. The lowest BCUT2D eigenvalue weighted by molar-refractivity contribution is 0.287. The number of aryl methyl sites for hydroxylation is 2. The van der Waals surface area contributed by atoms with Crippen LogP contribution < -0.4 is 20.1 Å². The first-order valence-electron chi connectivity index (χ1n) is 10.1. The topological polar surface area (TPSA) is 60.3 Å². The largest absolute Gasteiger partial charge is 0.490 e. The number of hydrogen-bond acceptors (Lipinski definition) is 4. The van der Waals surface area contributed by atoms with E-state index in [9.17, 15) is 0 Å². The second-order valence-electron chi connectivity index (χ2n) is 6.64. The summed E-state index contributed by atoms with van der Waals surface area (Å²) in [4.78, 5) is 0. The van der Waals surface area contributed by atoms with E-state index in [0.29, 0.717) is 18.3 Å². The number of nitrogens with zero attached hydrogens (tertiary/aromatic N) is 2. The summed E-state index contributed by atoms with van der Waals surface area (Å²) >= 11 is 8.94. The van der Waals surface area contributed by atoms with Crippen LogP contribution in [0.15, 0.2) is 22.7 Å². The molecule has 8 heteroatoms. The molecule has 6 nitrogen and oxygen atoms in total. The van der Waals surface area contributed by atoms with E-state index in [2.05, 4.69) is 44.7 Å². The second kappa shape index (κ2) is 12.0. The van der Waals surface area contributed by atoms with Crippen LogP contribution in [0.5, 0.6) is 11.5 Å². The van der Waals surface area contributed by atoms with Gasteiger partial charge in [-0.15, -0.1) is 0 Å². The Hall–Kier alpha value is -1.80.